The summed E-state index contributed by atoms with van der Waals surface area (Å²) in [5.74, 6) is -0.388. The van der Waals surface area contributed by atoms with Crippen LogP contribution < -0.4 is 15.0 Å². The van der Waals surface area contributed by atoms with Crippen LogP contribution in [0.5, 0.6) is 5.75 Å². The number of nitrogens with zero attached hydrogens (tertiary/aromatic N) is 1. The van der Waals surface area contributed by atoms with Crippen molar-refractivity contribution in [2.45, 2.75) is 0 Å². The first-order chi connectivity index (χ1) is 14.1. The van der Waals surface area contributed by atoms with Gasteiger partial charge in [-0.2, -0.15) is 0 Å². The van der Waals surface area contributed by atoms with Crippen LogP contribution in [0.3, 0.4) is 0 Å². The summed E-state index contributed by atoms with van der Waals surface area (Å²) in [6, 6.07) is 26.2. The second kappa shape index (κ2) is 9.94. The zero-order chi connectivity index (χ0) is 20.5. The maximum absolute atomic E-state index is 12.1. The van der Waals surface area contributed by atoms with E-state index in [4.69, 9.17) is 9.47 Å². The molecule has 0 unspecified atom stereocenters. The van der Waals surface area contributed by atoms with E-state index in [0.717, 1.165) is 17.1 Å². The Balaban J connectivity index is 1.41. The highest BCUT2D eigenvalue weighted by molar-refractivity contribution is 5.94. The van der Waals surface area contributed by atoms with E-state index >= 15 is 0 Å². The van der Waals surface area contributed by atoms with Gasteiger partial charge < -0.3 is 19.7 Å². The van der Waals surface area contributed by atoms with Crippen molar-refractivity contribution in [3.05, 3.63) is 84.9 Å². The molecule has 0 spiro atoms. The molecule has 6 nitrogen and oxygen atoms in total. The van der Waals surface area contributed by atoms with Gasteiger partial charge in [0.25, 0.3) is 5.91 Å². The summed E-state index contributed by atoms with van der Waals surface area (Å²) in [5.41, 5.74) is 2.62. The van der Waals surface area contributed by atoms with Gasteiger partial charge >= 0.3 is 5.97 Å². The lowest BCUT2D eigenvalue weighted by Crippen LogP contribution is -2.31. The molecule has 0 bridgehead atoms. The van der Waals surface area contributed by atoms with E-state index in [1.165, 1.54) is 4.90 Å². The number of carbonyl (C=O) groups excluding carboxylic acids is 2. The van der Waals surface area contributed by atoms with Gasteiger partial charge in [0.15, 0.2) is 13.2 Å². The first kappa shape index (κ1) is 19.9. The van der Waals surface area contributed by atoms with Gasteiger partial charge in [-0.1, -0.05) is 36.4 Å². The Labute approximate surface area is 169 Å². The Morgan fingerprint density at radius 1 is 0.793 bits per heavy atom. The lowest BCUT2D eigenvalue weighted by molar-refractivity contribution is -0.149. The molecule has 0 aliphatic heterocycles. The SMILES string of the molecule is CN(C(=O)COC(=O)COc1ccc(Nc2ccccc2)cc1)c1ccccc1. The molecule has 148 valence electrons. The number of hydrogen-bond donors (Lipinski definition) is 1. The maximum Gasteiger partial charge on any atom is 0.344 e. The molecule has 0 fully saturated rings. The summed E-state index contributed by atoms with van der Waals surface area (Å²) >= 11 is 0. The molecular formula is C23H22N2O4. The van der Waals surface area contributed by atoms with E-state index in [-0.39, 0.29) is 19.1 Å². The van der Waals surface area contributed by atoms with Crippen LogP contribution in [-0.2, 0) is 14.3 Å². The number of para-hydroxylation sites is 2. The minimum atomic E-state index is -0.605. The highest BCUT2D eigenvalue weighted by Crippen LogP contribution is 2.19. The van der Waals surface area contributed by atoms with Gasteiger partial charge in [0.2, 0.25) is 0 Å². The minimum Gasteiger partial charge on any atom is -0.482 e. The molecule has 3 rings (SSSR count). The molecule has 0 aromatic heterocycles. The van der Waals surface area contributed by atoms with Gasteiger partial charge in [-0.25, -0.2) is 4.79 Å². The van der Waals surface area contributed by atoms with Gasteiger partial charge in [0.05, 0.1) is 0 Å². The molecular weight excluding hydrogens is 368 g/mol. The van der Waals surface area contributed by atoms with Crippen molar-refractivity contribution in [1.29, 1.82) is 0 Å². The van der Waals surface area contributed by atoms with Crippen LogP contribution >= 0.6 is 0 Å². The average Bonchev–Trinajstić information content (AvgIpc) is 2.77. The first-order valence-corrected chi connectivity index (χ1v) is 9.14. The molecule has 0 aliphatic carbocycles. The predicted molar refractivity (Wildman–Crippen MR) is 112 cm³/mol. The van der Waals surface area contributed by atoms with Crippen LogP contribution in [0.15, 0.2) is 84.9 Å². The minimum absolute atomic E-state index is 0.270. The summed E-state index contributed by atoms with van der Waals surface area (Å²) in [5, 5.41) is 3.26. The number of hydrogen-bond acceptors (Lipinski definition) is 5. The molecule has 1 amide bonds. The fourth-order valence-corrected chi connectivity index (χ4v) is 2.54. The lowest BCUT2D eigenvalue weighted by atomic mass is 10.2. The third-order valence-electron chi connectivity index (χ3n) is 4.15. The fourth-order valence-electron chi connectivity index (χ4n) is 2.54. The van der Waals surface area contributed by atoms with E-state index in [1.54, 1.807) is 31.3 Å². The Hall–Kier alpha value is -3.80. The van der Waals surface area contributed by atoms with Crippen molar-refractivity contribution in [1.82, 2.24) is 0 Å². The Bertz CT molecular complexity index is 928. The summed E-state index contributed by atoms with van der Waals surface area (Å²) in [6.45, 7) is -0.610. The van der Waals surface area contributed by atoms with E-state index in [9.17, 15) is 9.59 Å². The molecule has 1 N–H and O–H groups in total. The largest absolute Gasteiger partial charge is 0.482 e. The number of esters is 1. The van der Waals surface area contributed by atoms with Gasteiger partial charge in [-0.15, -0.1) is 0 Å². The quantitative estimate of drug-likeness (QED) is 0.589. The van der Waals surface area contributed by atoms with E-state index in [0.29, 0.717) is 5.75 Å². The van der Waals surface area contributed by atoms with Crippen LogP contribution in [-0.4, -0.2) is 32.1 Å². The number of benzene rings is 3. The van der Waals surface area contributed by atoms with Crippen molar-refractivity contribution in [3.8, 4) is 5.75 Å². The van der Waals surface area contributed by atoms with Crippen LogP contribution in [0.2, 0.25) is 0 Å². The summed E-state index contributed by atoms with van der Waals surface area (Å²) in [7, 11) is 1.63. The van der Waals surface area contributed by atoms with Gasteiger partial charge in [0.1, 0.15) is 5.75 Å². The first-order valence-electron chi connectivity index (χ1n) is 9.14. The standard InChI is InChI=1S/C23H22N2O4/c1-25(20-10-6-3-7-11-20)22(26)16-29-23(27)17-28-21-14-12-19(13-15-21)24-18-8-4-2-5-9-18/h2-15,24H,16-17H2,1H3. The third-order valence-corrected chi connectivity index (χ3v) is 4.15. The second-order valence-corrected chi connectivity index (χ2v) is 6.25. The number of carbonyl (C=O) groups is 2. The zero-order valence-electron chi connectivity index (χ0n) is 16.1. The van der Waals surface area contributed by atoms with Crippen LogP contribution in [0, 0.1) is 0 Å². The summed E-state index contributed by atoms with van der Waals surface area (Å²) in [6.07, 6.45) is 0. The third kappa shape index (κ3) is 6.10. The Kier molecular flexibility index (Phi) is 6.84. The Morgan fingerprint density at radius 2 is 1.38 bits per heavy atom. The normalized spacial score (nSPS) is 10.1. The zero-order valence-corrected chi connectivity index (χ0v) is 16.1. The fraction of sp³-hybridized carbons (Fsp3) is 0.130. The van der Waals surface area contributed by atoms with Crippen LogP contribution in [0.1, 0.15) is 0 Å². The molecule has 0 atom stereocenters. The average molecular weight is 390 g/mol. The van der Waals surface area contributed by atoms with Crippen molar-refractivity contribution in [3.63, 3.8) is 0 Å². The van der Waals surface area contributed by atoms with Crippen molar-refractivity contribution in [2.24, 2.45) is 0 Å². The number of ether oxygens (including phenoxy) is 2. The molecule has 0 heterocycles. The van der Waals surface area contributed by atoms with Gasteiger partial charge in [-0.05, 0) is 48.5 Å². The van der Waals surface area contributed by atoms with E-state index in [2.05, 4.69) is 5.32 Å². The number of rotatable bonds is 8. The van der Waals surface area contributed by atoms with Crippen LogP contribution in [0.25, 0.3) is 0 Å². The second-order valence-electron chi connectivity index (χ2n) is 6.25. The predicted octanol–water partition coefficient (Wildman–Crippen LogP) is 4.02. The highest BCUT2D eigenvalue weighted by atomic mass is 16.6. The number of amides is 1. The molecule has 0 radical (unpaired) electrons. The molecule has 0 saturated carbocycles. The van der Waals surface area contributed by atoms with E-state index < -0.39 is 5.97 Å². The smallest absolute Gasteiger partial charge is 0.344 e. The number of nitrogens with one attached hydrogen (secondary N) is 1. The molecule has 0 saturated heterocycles. The topological polar surface area (TPSA) is 67.9 Å². The van der Waals surface area contributed by atoms with Crippen molar-refractivity contribution in [2.75, 3.05) is 30.5 Å². The monoisotopic (exact) mass is 390 g/mol. The molecule has 3 aromatic carbocycles. The molecule has 6 heteroatoms. The molecule has 29 heavy (non-hydrogen) atoms. The van der Waals surface area contributed by atoms with Gasteiger partial charge in [0, 0.05) is 24.1 Å². The maximum atomic E-state index is 12.1. The number of likely N-dealkylation sites (N-methyl/N-ethyl adjacent to an activating group) is 1. The molecule has 0 aliphatic rings. The summed E-state index contributed by atoms with van der Waals surface area (Å²) in [4.78, 5) is 25.4. The molecule has 3 aromatic rings. The van der Waals surface area contributed by atoms with Gasteiger partial charge in [-0.3, -0.25) is 4.79 Å². The van der Waals surface area contributed by atoms with Crippen molar-refractivity contribution < 1.29 is 19.1 Å². The highest BCUT2D eigenvalue weighted by Gasteiger charge is 2.13. The Morgan fingerprint density at radius 3 is 2.03 bits per heavy atom. The van der Waals surface area contributed by atoms with Crippen molar-refractivity contribution >= 4 is 28.9 Å². The lowest BCUT2D eigenvalue weighted by Gasteiger charge is -2.17. The number of anilines is 3. The van der Waals surface area contributed by atoms with E-state index in [1.807, 2.05) is 60.7 Å². The summed E-state index contributed by atoms with van der Waals surface area (Å²) < 4.78 is 10.4. The van der Waals surface area contributed by atoms with Crippen LogP contribution in [0.4, 0.5) is 17.1 Å².